The Balaban J connectivity index is 2.08. The second-order valence-corrected chi connectivity index (χ2v) is 9.79. The fourth-order valence-electron chi connectivity index (χ4n) is 4.99. The zero-order valence-corrected chi connectivity index (χ0v) is 21.2. The highest BCUT2D eigenvalue weighted by Gasteiger charge is 2.48. The lowest BCUT2D eigenvalue weighted by molar-refractivity contribution is -0.150. The van der Waals surface area contributed by atoms with E-state index in [0.29, 0.717) is 12.1 Å². The molecule has 0 fully saturated rings. The Morgan fingerprint density at radius 2 is 1.43 bits per heavy atom. The first-order valence-electron chi connectivity index (χ1n) is 12.1. The third kappa shape index (κ3) is 5.91. The number of hydrogen-bond donors (Lipinski definition) is 2. The van der Waals surface area contributed by atoms with Crippen LogP contribution in [0.5, 0.6) is 0 Å². The van der Waals surface area contributed by atoms with Crippen LogP contribution in [0.1, 0.15) is 44.2 Å². The Kier molecular flexibility index (Phi) is 8.34. The van der Waals surface area contributed by atoms with Gasteiger partial charge in [-0.25, -0.2) is 0 Å². The van der Waals surface area contributed by atoms with E-state index >= 15 is 0 Å². The highest BCUT2D eigenvalue weighted by Crippen LogP contribution is 2.44. The van der Waals surface area contributed by atoms with Crippen molar-refractivity contribution in [3.05, 3.63) is 96.1 Å². The Morgan fingerprint density at radius 3 is 1.91 bits per heavy atom. The number of aliphatic carboxylic acids is 1. The molecule has 0 aromatic heterocycles. The molecule has 3 aromatic carbocycles. The number of amides is 1. The lowest BCUT2D eigenvalue weighted by Gasteiger charge is -2.40. The van der Waals surface area contributed by atoms with E-state index in [1.165, 1.54) is 0 Å². The van der Waals surface area contributed by atoms with E-state index in [0.717, 1.165) is 16.8 Å². The predicted octanol–water partition coefficient (Wildman–Crippen LogP) is 6.18. The van der Waals surface area contributed by atoms with E-state index in [-0.39, 0.29) is 11.8 Å². The lowest BCUT2D eigenvalue weighted by Crippen LogP contribution is -2.47. The summed E-state index contributed by atoms with van der Waals surface area (Å²) in [6.45, 7) is 5.86. The Labute approximate surface area is 208 Å². The minimum Gasteiger partial charge on any atom is -0.481 e. The topological polar surface area (TPSA) is 69.6 Å². The summed E-state index contributed by atoms with van der Waals surface area (Å²) in [4.78, 5) is 28.8. The van der Waals surface area contributed by atoms with Crippen LogP contribution >= 0.6 is 0 Å². The lowest BCUT2D eigenvalue weighted by atomic mass is 9.63. The van der Waals surface area contributed by atoms with Crippen molar-refractivity contribution in [2.24, 2.45) is 11.8 Å². The van der Waals surface area contributed by atoms with Gasteiger partial charge in [0.2, 0.25) is 5.91 Å². The SMILES string of the molecule is CCC(c1ccccc1)C(C(=O)Nc1ccc(N(C)C)cc1)C(C(=O)O)C(C)(C)c1ccccc1. The zero-order chi connectivity index (χ0) is 25.6. The van der Waals surface area contributed by atoms with Crippen LogP contribution < -0.4 is 10.2 Å². The fourth-order valence-corrected chi connectivity index (χ4v) is 4.99. The number of hydrogen-bond acceptors (Lipinski definition) is 3. The Hall–Kier alpha value is -3.60. The maximum absolute atomic E-state index is 13.9. The van der Waals surface area contributed by atoms with Gasteiger partial charge in [0.1, 0.15) is 0 Å². The van der Waals surface area contributed by atoms with Gasteiger partial charge in [-0.1, -0.05) is 81.4 Å². The van der Waals surface area contributed by atoms with Crippen LogP contribution in [0.2, 0.25) is 0 Å². The number of carbonyl (C=O) groups excluding carboxylic acids is 1. The standard InChI is InChI=1S/C30H36N2O3/c1-6-25(21-13-9-7-10-14-21)26(28(33)31-23-17-19-24(20-18-23)32(4)5)27(29(34)35)30(2,3)22-15-11-8-12-16-22/h7-20,25-27H,6H2,1-5H3,(H,31,33)(H,34,35). The first-order chi connectivity index (χ1) is 16.7. The average molecular weight is 473 g/mol. The minimum atomic E-state index is -0.976. The van der Waals surface area contributed by atoms with Crippen LogP contribution in [-0.4, -0.2) is 31.1 Å². The van der Waals surface area contributed by atoms with E-state index in [1.807, 2.05) is 125 Å². The van der Waals surface area contributed by atoms with E-state index in [2.05, 4.69) is 5.32 Å². The average Bonchev–Trinajstić information content (AvgIpc) is 2.85. The van der Waals surface area contributed by atoms with Crippen molar-refractivity contribution in [2.45, 2.75) is 38.5 Å². The zero-order valence-electron chi connectivity index (χ0n) is 21.2. The first kappa shape index (κ1) is 26.0. The van der Waals surface area contributed by atoms with Gasteiger partial charge < -0.3 is 15.3 Å². The summed E-state index contributed by atoms with van der Waals surface area (Å²) < 4.78 is 0. The third-order valence-electron chi connectivity index (χ3n) is 6.98. The summed E-state index contributed by atoms with van der Waals surface area (Å²) >= 11 is 0. The summed E-state index contributed by atoms with van der Waals surface area (Å²) in [5.41, 5.74) is 2.74. The van der Waals surface area contributed by atoms with Crippen LogP contribution in [0.3, 0.4) is 0 Å². The number of benzene rings is 3. The van der Waals surface area contributed by atoms with Crippen LogP contribution in [0, 0.1) is 11.8 Å². The van der Waals surface area contributed by atoms with E-state index in [4.69, 9.17) is 0 Å². The number of anilines is 2. The van der Waals surface area contributed by atoms with Crippen molar-refractivity contribution in [3.63, 3.8) is 0 Å². The molecule has 3 aromatic rings. The van der Waals surface area contributed by atoms with E-state index in [1.54, 1.807) is 0 Å². The molecule has 3 atom stereocenters. The largest absolute Gasteiger partial charge is 0.481 e. The normalized spacial score (nSPS) is 14.0. The predicted molar refractivity (Wildman–Crippen MR) is 143 cm³/mol. The summed E-state index contributed by atoms with van der Waals surface area (Å²) in [5.74, 6) is -3.26. The molecule has 0 saturated heterocycles. The Bertz CT molecular complexity index is 1110. The molecule has 0 aliphatic heterocycles. The van der Waals surface area contributed by atoms with Crippen LogP contribution in [0.4, 0.5) is 11.4 Å². The van der Waals surface area contributed by atoms with Crippen molar-refractivity contribution in [3.8, 4) is 0 Å². The van der Waals surface area contributed by atoms with Gasteiger partial charge in [-0.3, -0.25) is 9.59 Å². The van der Waals surface area contributed by atoms with Gasteiger partial charge in [0, 0.05) is 30.9 Å². The van der Waals surface area contributed by atoms with Crippen LogP contribution in [0.15, 0.2) is 84.9 Å². The van der Waals surface area contributed by atoms with Crippen molar-refractivity contribution < 1.29 is 14.7 Å². The van der Waals surface area contributed by atoms with Crippen molar-refractivity contribution in [1.82, 2.24) is 0 Å². The number of rotatable bonds is 10. The number of carboxylic acid groups (broad SMARTS) is 1. The third-order valence-corrected chi connectivity index (χ3v) is 6.98. The van der Waals surface area contributed by atoms with Gasteiger partial charge in [-0.15, -0.1) is 0 Å². The molecule has 0 aliphatic carbocycles. The van der Waals surface area contributed by atoms with Gasteiger partial charge in [0.05, 0.1) is 11.8 Å². The second-order valence-electron chi connectivity index (χ2n) is 9.79. The van der Waals surface area contributed by atoms with Gasteiger partial charge in [0.15, 0.2) is 0 Å². The minimum absolute atomic E-state index is 0.263. The number of nitrogens with one attached hydrogen (secondary N) is 1. The molecule has 35 heavy (non-hydrogen) atoms. The summed E-state index contributed by atoms with van der Waals surface area (Å²) in [5, 5.41) is 13.6. The summed E-state index contributed by atoms with van der Waals surface area (Å²) in [6, 6.07) is 26.9. The summed E-state index contributed by atoms with van der Waals surface area (Å²) in [6.07, 6.45) is 0.635. The van der Waals surface area contributed by atoms with Crippen molar-refractivity contribution in [1.29, 1.82) is 0 Å². The van der Waals surface area contributed by atoms with Gasteiger partial charge in [-0.2, -0.15) is 0 Å². The molecule has 184 valence electrons. The monoisotopic (exact) mass is 472 g/mol. The highest BCUT2D eigenvalue weighted by molar-refractivity contribution is 5.96. The molecule has 0 spiro atoms. The molecule has 0 saturated carbocycles. The molecule has 2 N–H and O–H groups in total. The highest BCUT2D eigenvalue weighted by atomic mass is 16.4. The molecule has 5 heteroatoms. The quantitative estimate of drug-likeness (QED) is 0.370. The van der Waals surface area contributed by atoms with Gasteiger partial charge in [0.25, 0.3) is 0 Å². The number of carboxylic acids is 1. The molecular formula is C30H36N2O3. The number of carbonyl (C=O) groups is 2. The maximum Gasteiger partial charge on any atom is 0.308 e. The van der Waals surface area contributed by atoms with Crippen LogP contribution in [-0.2, 0) is 15.0 Å². The van der Waals surface area contributed by atoms with Crippen molar-refractivity contribution >= 4 is 23.3 Å². The van der Waals surface area contributed by atoms with Crippen LogP contribution in [0.25, 0.3) is 0 Å². The first-order valence-corrected chi connectivity index (χ1v) is 12.1. The maximum atomic E-state index is 13.9. The summed E-state index contributed by atoms with van der Waals surface area (Å²) in [7, 11) is 3.91. The molecule has 5 nitrogen and oxygen atoms in total. The second kappa shape index (κ2) is 11.2. The molecule has 0 aliphatic rings. The molecule has 0 bridgehead atoms. The molecule has 0 radical (unpaired) electrons. The molecular weight excluding hydrogens is 436 g/mol. The van der Waals surface area contributed by atoms with E-state index in [9.17, 15) is 14.7 Å². The molecule has 3 rings (SSSR count). The smallest absolute Gasteiger partial charge is 0.308 e. The van der Waals surface area contributed by atoms with Crippen molar-refractivity contribution in [2.75, 3.05) is 24.3 Å². The fraction of sp³-hybridized carbons (Fsp3) is 0.333. The van der Waals surface area contributed by atoms with Gasteiger partial charge in [-0.05, 0) is 47.7 Å². The van der Waals surface area contributed by atoms with E-state index < -0.39 is 23.2 Å². The molecule has 1 amide bonds. The molecule has 0 heterocycles. The Morgan fingerprint density at radius 1 is 0.886 bits per heavy atom. The molecule has 3 unspecified atom stereocenters. The van der Waals surface area contributed by atoms with Gasteiger partial charge >= 0.3 is 5.97 Å². The number of nitrogens with zero attached hydrogens (tertiary/aromatic N) is 1.